The smallest absolute Gasteiger partial charge is 0.108 e. The maximum Gasteiger partial charge on any atom is 0.108 e. The topological polar surface area (TPSA) is 61.7 Å². The van der Waals surface area contributed by atoms with Crippen molar-refractivity contribution in [3.63, 3.8) is 0 Å². The number of nitrogens with one attached hydrogen (secondary N) is 1. The van der Waals surface area contributed by atoms with Gasteiger partial charge in [0.2, 0.25) is 0 Å². The van der Waals surface area contributed by atoms with Crippen LogP contribution in [0.3, 0.4) is 0 Å². The van der Waals surface area contributed by atoms with Gasteiger partial charge in [-0.2, -0.15) is 0 Å². The van der Waals surface area contributed by atoms with Crippen molar-refractivity contribution in [2.75, 3.05) is 6.54 Å². The van der Waals surface area contributed by atoms with E-state index in [1.165, 1.54) is 0 Å². The quantitative estimate of drug-likeness (QED) is 0.520. The van der Waals surface area contributed by atoms with E-state index in [-0.39, 0.29) is 18.2 Å². The largest absolute Gasteiger partial charge is 0.389 e. The van der Waals surface area contributed by atoms with Crippen LogP contribution < -0.4 is 5.32 Å². The summed E-state index contributed by atoms with van der Waals surface area (Å²) in [7, 11) is 0. The highest BCUT2D eigenvalue weighted by Gasteiger charge is 2.45. The molecule has 0 spiro atoms. The second-order valence-electron chi connectivity index (χ2n) is 3.99. The third-order valence-electron chi connectivity index (χ3n) is 3.06. The number of aliphatic hydroxyl groups is 2. The summed E-state index contributed by atoms with van der Waals surface area (Å²) in [5, 5.41) is 22.7. The first-order chi connectivity index (χ1) is 6.74. The first kappa shape index (κ1) is 10.1. The molecule has 0 aromatic heterocycles. The van der Waals surface area contributed by atoms with Gasteiger partial charge in [-0.25, -0.2) is 0 Å². The number of hydrogen-bond donors (Lipinski definition) is 3. The van der Waals surface area contributed by atoms with Crippen molar-refractivity contribution in [2.45, 2.75) is 43.3 Å². The van der Waals surface area contributed by atoms with E-state index in [9.17, 15) is 10.2 Å². The molecular formula is C10H17NO3. The third-order valence-corrected chi connectivity index (χ3v) is 3.06. The molecule has 5 atom stereocenters. The van der Waals surface area contributed by atoms with Gasteiger partial charge < -0.3 is 20.3 Å². The molecule has 0 amide bonds. The highest BCUT2D eigenvalue weighted by atomic mass is 16.5. The van der Waals surface area contributed by atoms with Gasteiger partial charge in [0.15, 0.2) is 0 Å². The molecule has 0 aliphatic carbocycles. The minimum absolute atomic E-state index is 0.0401. The standard InChI is InChI=1S/C10H17NO3/c1-2-3-7-9(12)10(13)8-6(14-7)4-5-11-8/h2,6-13H,1,3-5H2/t6?,7-,8+,9+,10-/m1/s1. The molecule has 14 heavy (non-hydrogen) atoms. The molecule has 0 saturated carbocycles. The summed E-state index contributed by atoms with van der Waals surface area (Å²) < 4.78 is 5.69. The number of aliphatic hydroxyl groups excluding tert-OH is 2. The number of ether oxygens (including phenoxy) is 1. The Morgan fingerprint density at radius 1 is 1.43 bits per heavy atom. The first-order valence-corrected chi connectivity index (χ1v) is 5.10. The lowest BCUT2D eigenvalue weighted by atomic mass is 9.92. The van der Waals surface area contributed by atoms with Gasteiger partial charge in [-0.15, -0.1) is 6.58 Å². The zero-order valence-electron chi connectivity index (χ0n) is 8.10. The molecule has 2 heterocycles. The van der Waals surface area contributed by atoms with Gasteiger partial charge in [0, 0.05) is 0 Å². The molecule has 3 N–H and O–H groups in total. The monoisotopic (exact) mass is 199 g/mol. The fraction of sp³-hybridized carbons (Fsp3) is 0.800. The van der Waals surface area contributed by atoms with Gasteiger partial charge >= 0.3 is 0 Å². The highest BCUT2D eigenvalue weighted by molar-refractivity contribution is 5.00. The predicted octanol–water partition coefficient (Wildman–Crippen LogP) is -0.586. The summed E-state index contributed by atoms with van der Waals surface area (Å²) >= 11 is 0. The molecule has 1 unspecified atom stereocenters. The molecule has 0 bridgehead atoms. The lowest BCUT2D eigenvalue weighted by molar-refractivity contribution is -0.172. The fourth-order valence-electron chi connectivity index (χ4n) is 2.29. The second kappa shape index (κ2) is 3.98. The van der Waals surface area contributed by atoms with Crippen LogP contribution in [-0.2, 0) is 4.74 Å². The van der Waals surface area contributed by atoms with E-state index >= 15 is 0 Å². The minimum atomic E-state index is -0.806. The van der Waals surface area contributed by atoms with Crippen molar-refractivity contribution in [1.82, 2.24) is 5.32 Å². The normalized spacial score (nSPS) is 47.4. The van der Waals surface area contributed by atoms with Crippen LogP contribution in [0, 0.1) is 0 Å². The fourth-order valence-corrected chi connectivity index (χ4v) is 2.29. The Hall–Kier alpha value is -0.420. The van der Waals surface area contributed by atoms with Crippen LogP contribution in [0.5, 0.6) is 0 Å². The highest BCUT2D eigenvalue weighted by Crippen LogP contribution is 2.27. The Bertz CT molecular complexity index is 221. The maximum atomic E-state index is 9.82. The Morgan fingerprint density at radius 2 is 2.21 bits per heavy atom. The molecule has 2 saturated heterocycles. The lowest BCUT2D eigenvalue weighted by Crippen LogP contribution is -2.58. The van der Waals surface area contributed by atoms with Crippen LogP contribution in [0.25, 0.3) is 0 Å². The Balaban J connectivity index is 2.06. The van der Waals surface area contributed by atoms with Gasteiger partial charge in [-0.1, -0.05) is 6.08 Å². The van der Waals surface area contributed by atoms with Crippen LogP contribution in [0.2, 0.25) is 0 Å². The predicted molar refractivity (Wildman–Crippen MR) is 51.9 cm³/mol. The second-order valence-corrected chi connectivity index (χ2v) is 3.99. The first-order valence-electron chi connectivity index (χ1n) is 5.10. The molecular weight excluding hydrogens is 182 g/mol. The summed E-state index contributed by atoms with van der Waals surface area (Å²) in [6, 6.07) is -0.105. The van der Waals surface area contributed by atoms with Gasteiger partial charge in [0.25, 0.3) is 0 Å². The molecule has 0 radical (unpaired) electrons. The van der Waals surface area contributed by atoms with Crippen molar-refractivity contribution in [3.05, 3.63) is 12.7 Å². The number of hydrogen-bond acceptors (Lipinski definition) is 4. The number of fused-ring (bicyclic) bond motifs is 1. The van der Waals surface area contributed by atoms with Gasteiger partial charge in [0.1, 0.15) is 12.2 Å². The molecule has 2 aliphatic heterocycles. The van der Waals surface area contributed by atoms with E-state index < -0.39 is 12.2 Å². The van der Waals surface area contributed by atoms with Crippen LogP contribution in [0.4, 0.5) is 0 Å². The zero-order chi connectivity index (χ0) is 10.1. The molecule has 2 fully saturated rings. The summed E-state index contributed by atoms with van der Waals surface area (Å²) in [6.45, 7) is 4.46. The van der Waals surface area contributed by atoms with Crippen LogP contribution in [0.1, 0.15) is 12.8 Å². The zero-order valence-corrected chi connectivity index (χ0v) is 8.10. The Morgan fingerprint density at radius 3 is 2.93 bits per heavy atom. The average molecular weight is 199 g/mol. The van der Waals surface area contributed by atoms with Gasteiger partial charge in [-0.05, 0) is 19.4 Å². The van der Waals surface area contributed by atoms with Crippen molar-refractivity contribution < 1.29 is 14.9 Å². The molecule has 4 nitrogen and oxygen atoms in total. The van der Waals surface area contributed by atoms with Crippen molar-refractivity contribution >= 4 is 0 Å². The van der Waals surface area contributed by atoms with E-state index in [1.807, 2.05) is 0 Å². The van der Waals surface area contributed by atoms with E-state index in [1.54, 1.807) is 6.08 Å². The number of rotatable bonds is 2. The van der Waals surface area contributed by atoms with E-state index in [0.29, 0.717) is 6.42 Å². The van der Waals surface area contributed by atoms with E-state index in [4.69, 9.17) is 4.74 Å². The van der Waals surface area contributed by atoms with Crippen molar-refractivity contribution in [3.8, 4) is 0 Å². The molecule has 2 aliphatic rings. The Labute approximate surface area is 83.6 Å². The van der Waals surface area contributed by atoms with Gasteiger partial charge in [-0.3, -0.25) is 0 Å². The lowest BCUT2D eigenvalue weighted by Gasteiger charge is -2.39. The van der Waals surface area contributed by atoms with Crippen LogP contribution >= 0.6 is 0 Å². The molecule has 2 rings (SSSR count). The van der Waals surface area contributed by atoms with Crippen LogP contribution in [-0.4, -0.2) is 47.2 Å². The van der Waals surface area contributed by atoms with Crippen molar-refractivity contribution in [2.24, 2.45) is 0 Å². The molecule has 80 valence electrons. The molecule has 0 aromatic carbocycles. The van der Waals surface area contributed by atoms with Crippen LogP contribution in [0.15, 0.2) is 12.7 Å². The maximum absolute atomic E-state index is 9.82. The van der Waals surface area contributed by atoms with E-state index in [2.05, 4.69) is 11.9 Å². The minimum Gasteiger partial charge on any atom is -0.389 e. The SMILES string of the molecule is C=CC[C@H]1OC2CCN[C@@H]2[C@@H](O)[C@H]1O. The third kappa shape index (κ3) is 1.59. The Kier molecular flexibility index (Phi) is 2.88. The summed E-state index contributed by atoms with van der Waals surface area (Å²) in [5.41, 5.74) is 0. The molecule has 0 aromatic rings. The summed E-state index contributed by atoms with van der Waals surface area (Å²) in [5.74, 6) is 0. The van der Waals surface area contributed by atoms with Crippen molar-refractivity contribution in [1.29, 1.82) is 0 Å². The average Bonchev–Trinajstić information content (AvgIpc) is 2.62. The van der Waals surface area contributed by atoms with E-state index in [0.717, 1.165) is 13.0 Å². The molecule has 4 heteroatoms. The summed E-state index contributed by atoms with van der Waals surface area (Å²) in [4.78, 5) is 0. The van der Waals surface area contributed by atoms with Gasteiger partial charge in [0.05, 0.1) is 18.2 Å². The summed E-state index contributed by atoms with van der Waals surface area (Å²) in [6.07, 6.45) is 1.41.